The molecule has 0 N–H and O–H groups in total. The maximum Gasteiger partial charge on any atom is 0.283 e. The normalized spacial score (nSPS) is 12.1. The molecule has 0 saturated heterocycles. The van der Waals surface area contributed by atoms with Crippen LogP contribution < -0.4 is 0 Å². The number of hydrogen-bond donors (Lipinski definition) is 0. The van der Waals surface area contributed by atoms with E-state index < -0.39 is 15.2 Å². The van der Waals surface area contributed by atoms with E-state index >= 15 is 0 Å². The van der Waals surface area contributed by atoms with Gasteiger partial charge in [-0.1, -0.05) is 19.1 Å². The van der Waals surface area contributed by atoms with Crippen molar-refractivity contribution in [1.82, 2.24) is 0 Å². The molecule has 16 heavy (non-hydrogen) atoms. The first-order valence-electron chi connectivity index (χ1n) is 4.59. The minimum absolute atomic E-state index is 0.0900. The standard InChI is InChI=1S/C9H10N2O4S/c1-2-9(11(14)15)16-8-6-4-3-5-7(8)10(12)13/h3-6,9H,2H2,1H3/t9-/m0/s1. The molecule has 0 unspecified atom stereocenters. The van der Waals surface area contributed by atoms with Crippen molar-refractivity contribution in [3.63, 3.8) is 0 Å². The van der Waals surface area contributed by atoms with Crippen LogP contribution in [0.4, 0.5) is 5.69 Å². The number of nitrogens with zero attached hydrogens (tertiary/aromatic N) is 2. The lowest BCUT2D eigenvalue weighted by Crippen LogP contribution is -2.13. The summed E-state index contributed by atoms with van der Waals surface area (Å²) in [7, 11) is 0. The summed E-state index contributed by atoms with van der Waals surface area (Å²) in [5.41, 5.74) is -0.0900. The molecule has 0 aliphatic rings. The van der Waals surface area contributed by atoms with Crippen LogP contribution >= 0.6 is 11.8 Å². The molecule has 0 saturated carbocycles. The second kappa shape index (κ2) is 5.45. The summed E-state index contributed by atoms with van der Waals surface area (Å²) in [5, 5.41) is 20.5. The number of para-hydroxylation sites is 1. The average molecular weight is 242 g/mol. The van der Waals surface area contributed by atoms with Gasteiger partial charge in [-0.3, -0.25) is 20.2 Å². The Morgan fingerprint density at radius 3 is 2.44 bits per heavy atom. The van der Waals surface area contributed by atoms with Crippen LogP contribution in [0.2, 0.25) is 0 Å². The first-order chi connectivity index (χ1) is 7.56. The van der Waals surface area contributed by atoms with E-state index in [0.717, 1.165) is 11.8 Å². The van der Waals surface area contributed by atoms with E-state index in [4.69, 9.17) is 0 Å². The number of thioether (sulfide) groups is 1. The molecule has 0 aliphatic heterocycles. The molecule has 0 aliphatic carbocycles. The summed E-state index contributed by atoms with van der Waals surface area (Å²) < 4.78 is 0. The highest BCUT2D eigenvalue weighted by Crippen LogP contribution is 2.32. The summed E-state index contributed by atoms with van der Waals surface area (Å²) in [4.78, 5) is 20.7. The van der Waals surface area contributed by atoms with Gasteiger partial charge >= 0.3 is 0 Å². The summed E-state index contributed by atoms with van der Waals surface area (Å²) in [6.45, 7) is 1.68. The molecule has 1 rings (SSSR count). The fraction of sp³-hybridized carbons (Fsp3) is 0.333. The average Bonchev–Trinajstić information content (AvgIpc) is 2.25. The molecule has 86 valence electrons. The van der Waals surface area contributed by atoms with Crippen LogP contribution in [-0.2, 0) is 0 Å². The summed E-state index contributed by atoms with van der Waals surface area (Å²) in [5.74, 6) is 0. The fourth-order valence-electron chi connectivity index (χ4n) is 1.13. The van der Waals surface area contributed by atoms with E-state index in [9.17, 15) is 20.2 Å². The fourth-order valence-corrected chi connectivity index (χ4v) is 2.10. The molecule has 0 aromatic heterocycles. The van der Waals surface area contributed by atoms with E-state index in [0.29, 0.717) is 11.3 Å². The molecule has 1 aromatic carbocycles. The van der Waals surface area contributed by atoms with E-state index in [1.807, 2.05) is 0 Å². The SMILES string of the molecule is CC[C@H](Sc1ccccc1[N+](=O)[O-])[N+](=O)[O-]. The van der Waals surface area contributed by atoms with Gasteiger partial charge in [-0.2, -0.15) is 0 Å². The number of nitro benzene ring substituents is 1. The summed E-state index contributed by atoms with van der Waals surface area (Å²) in [6.07, 6.45) is 0.323. The number of rotatable bonds is 5. The van der Waals surface area contributed by atoms with Crippen molar-refractivity contribution in [2.24, 2.45) is 0 Å². The summed E-state index contributed by atoms with van der Waals surface area (Å²) >= 11 is 0.911. The van der Waals surface area contributed by atoms with E-state index in [1.165, 1.54) is 18.2 Å². The van der Waals surface area contributed by atoms with Crippen LogP contribution in [0, 0.1) is 20.2 Å². The summed E-state index contributed by atoms with van der Waals surface area (Å²) in [6, 6.07) is 6.03. The minimum Gasteiger partial charge on any atom is -0.263 e. The van der Waals surface area contributed by atoms with Gasteiger partial charge in [0.15, 0.2) is 0 Å². The van der Waals surface area contributed by atoms with Gasteiger partial charge in [-0.05, 0) is 17.8 Å². The lowest BCUT2D eigenvalue weighted by molar-refractivity contribution is -0.495. The zero-order valence-corrected chi connectivity index (χ0v) is 9.35. The van der Waals surface area contributed by atoms with Crippen molar-refractivity contribution in [3.05, 3.63) is 44.5 Å². The molecule has 6 nitrogen and oxygen atoms in total. The predicted molar refractivity (Wildman–Crippen MR) is 60.0 cm³/mol. The zero-order valence-electron chi connectivity index (χ0n) is 8.53. The lowest BCUT2D eigenvalue weighted by Gasteiger charge is -2.06. The van der Waals surface area contributed by atoms with Gasteiger partial charge in [0.2, 0.25) is 0 Å². The zero-order chi connectivity index (χ0) is 12.1. The Hall–Kier alpha value is -1.63. The molecule has 7 heteroatoms. The first-order valence-corrected chi connectivity index (χ1v) is 5.47. The predicted octanol–water partition coefficient (Wildman–Crippen LogP) is 2.70. The van der Waals surface area contributed by atoms with Crippen molar-refractivity contribution >= 4 is 17.4 Å². The minimum atomic E-state index is -0.846. The van der Waals surface area contributed by atoms with Gasteiger partial charge in [0.05, 0.1) is 9.82 Å². The van der Waals surface area contributed by atoms with Crippen molar-refractivity contribution in [2.45, 2.75) is 23.6 Å². The number of nitro groups is 2. The quantitative estimate of drug-likeness (QED) is 0.343. The number of benzene rings is 1. The maximum atomic E-state index is 10.7. The Morgan fingerprint density at radius 1 is 1.31 bits per heavy atom. The van der Waals surface area contributed by atoms with Gasteiger partial charge in [-0.15, -0.1) is 0 Å². The van der Waals surface area contributed by atoms with Gasteiger partial charge in [0.1, 0.15) is 0 Å². The highest BCUT2D eigenvalue weighted by Gasteiger charge is 2.23. The van der Waals surface area contributed by atoms with Crippen LogP contribution in [0.5, 0.6) is 0 Å². The monoisotopic (exact) mass is 242 g/mol. The van der Waals surface area contributed by atoms with Crippen molar-refractivity contribution in [1.29, 1.82) is 0 Å². The van der Waals surface area contributed by atoms with E-state index in [-0.39, 0.29) is 5.69 Å². The lowest BCUT2D eigenvalue weighted by atomic mass is 10.3. The van der Waals surface area contributed by atoms with Crippen molar-refractivity contribution in [3.8, 4) is 0 Å². The molecule has 1 atom stereocenters. The van der Waals surface area contributed by atoms with Gasteiger partial charge < -0.3 is 0 Å². The third-order valence-electron chi connectivity index (χ3n) is 1.91. The Labute approximate surface area is 96.0 Å². The molecular formula is C9H10N2O4S. The van der Waals surface area contributed by atoms with Crippen LogP contribution in [0.3, 0.4) is 0 Å². The molecule has 0 fully saturated rings. The van der Waals surface area contributed by atoms with Crippen LogP contribution in [-0.4, -0.2) is 15.2 Å². The molecule has 0 bridgehead atoms. The smallest absolute Gasteiger partial charge is 0.263 e. The van der Waals surface area contributed by atoms with Gasteiger partial charge in [-0.25, -0.2) is 0 Å². The van der Waals surface area contributed by atoms with Crippen molar-refractivity contribution in [2.75, 3.05) is 0 Å². The Bertz CT molecular complexity index is 410. The molecular weight excluding hydrogens is 232 g/mol. The van der Waals surface area contributed by atoms with Crippen molar-refractivity contribution < 1.29 is 9.85 Å². The molecule has 0 spiro atoms. The second-order valence-corrected chi connectivity index (χ2v) is 4.21. The van der Waals surface area contributed by atoms with Crippen LogP contribution in [0.25, 0.3) is 0 Å². The van der Waals surface area contributed by atoms with Gasteiger partial charge in [0.25, 0.3) is 11.1 Å². The third kappa shape index (κ3) is 2.93. The maximum absolute atomic E-state index is 10.7. The molecule has 0 amide bonds. The molecule has 1 aromatic rings. The Kier molecular flexibility index (Phi) is 4.24. The van der Waals surface area contributed by atoms with Crippen LogP contribution in [0.15, 0.2) is 29.2 Å². The highest BCUT2D eigenvalue weighted by molar-refractivity contribution is 7.99. The molecule has 0 radical (unpaired) electrons. The van der Waals surface area contributed by atoms with E-state index in [2.05, 4.69) is 0 Å². The number of hydrogen-bond acceptors (Lipinski definition) is 5. The first kappa shape index (κ1) is 12.4. The molecule has 0 heterocycles. The largest absolute Gasteiger partial charge is 0.283 e. The Balaban J connectivity index is 2.95. The second-order valence-electron chi connectivity index (χ2n) is 2.99. The third-order valence-corrected chi connectivity index (χ3v) is 3.29. The van der Waals surface area contributed by atoms with Gasteiger partial charge in [0, 0.05) is 17.4 Å². The highest BCUT2D eigenvalue weighted by atomic mass is 32.2. The topological polar surface area (TPSA) is 86.3 Å². The van der Waals surface area contributed by atoms with E-state index in [1.54, 1.807) is 13.0 Å². The Morgan fingerprint density at radius 2 is 1.94 bits per heavy atom. The van der Waals surface area contributed by atoms with Crippen LogP contribution in [0.1, 0.15) is 13.3 Å².